The summed E-state index contributed by atoms with van der Waals surface area (Å²) in [5.74, 6) is 0.439. The van der Waals surface area contributed by atoms with Gasteiger partial charge in [-0.1, -0.05) is 6.92 Å². The molecule has 2 heterocycles. The van der Waals surface area contributed by atoms with E-state index in [0.717, 1.165) is 37.5 Å². The molecule has 0 aromatic carbocycles. The number of hydrogen-bond donors (Lipinski definition) is 2. The van der Waals surface area contributed by atoms with Gasteiger partial charge in [-0.05, 0) is 30.3 Å². The molecule has 1 aromatic rings. The molecule has 0 unspecified atom stereocenters. The Balaban J connectivity index is 2.27. The van der Waals surface area contributed by atoms with Crippen molar-refractivity contribution in [2.75, 3.05) is 36.1 Å². The lowest BCUT2D eigenvalue weighted by Gasteiger charge is -2.32. The van der Waals surface area contributed by atoms with Crippen LogP contribution in [0.1, 0.15) is 19.8 Å². The topological polar surface area (TPSA) is 96.5 Å². The van der Waals surface area contributed by atoms with Crippen LogP contribution in [0.2, 0.25) is 0 Å². The van der Waals surface area contributed by atoms with Crippen molar-refractivity contribution in [1.82, 2.24) is 4.37 Å². The highest BCUT2D eigenvalue weighted by Gasteiger charge is 2.29. The van der Waals surface area contributed by atoms with Gasteiger partial charge in [0.05, 0.1) is 5.75 Å². The predicted molar refractivity (Wildman–Crippen MR) is 76.3 cm³/mol. The first-order chi connectivity index (χ1) is 8.99. The van der Waals surface area contributed by atoms with Gasteiger partial charge in [0, 0.05) is 19.7 Å². The van der Waals surface area contributed by atoms with Crippen molar-refractivity contribution >= 4 is 32.2 Å². The van der Waals surface area contributed by atoms with Crippen molar-refractivity contribution in [2.24, 2.45) is 5.92 Å². The standard InChI is InChI=1S/C11H19N3O3S2/c1-2-19(16,17)9-10(12)13-18-11(9)14-5-3-8(7-15)4-6-14/h8,15H,2-7H2,1H3,(H2,12,13). The summed E-state index contributed by atoms with van der Waals surface area (Å²) in [6, 6.07) is 0. The smallest absolute Gasteiger partial charge is 0.184 e. The normalized spacial score (nSPS) is 17.9. The summed E-state index contributed by atoms with van der Waals surface area (Å²) in [6.45, 7) is 3.27. The maximum Gasteiger partial charge on any atom is 0.184 e. The average Bonchev–Trinajstić information content (AvgIpc) is 2.81. The number of nitrogen functional groups attached to an aromatic ring is 1. The monoisotopic (exact) mass is 305 g/mol. The molecule has 0 saturated carbocycles. The van der Waals surface area contributed by atoms with E-state index < -0.39 is 9.84 Å². The number of anilines is 2. The zero-order chi connectivity index (χ0) is 14.0. The summed E-state index contributed by atoms with van der Waals surface area (Å²) in [5, 5.41) is 9.78. The van der Waals surface area contributed by atoms with E-state index >= 15 is 0 Å². The first kappa shape index (κ1) is 14.5. The highest BCUT2D eigenvalue weighted by Crippen LogP contribution is 2.37. The zero-order valence-electron chi connectivity index (χ0n) is 10.9. The van der Waals surface area contributed by atoms with E-state index in [1.54, 1.807) is 6.92 Å². The number of piperidine rings is 1. The average molecular weight is 305 g/mol. The maximum absolute atomic E-state index is 12.1. The number of aliphatic hydroxyl groups is 1. The lowest BCUT2D eigenvalue weighted by Crippen LogP contribution is -2.35. The van der Waals surface area contributed by atoms with Crippen LogP contribution in [0.15, 0.2) is 4.90 Å². The van der Waals surface area contributed by atoms with Crippen molar-refractivity contribution in [3.05, 3.63) is 0 Å². The molecule has 1 saturated heterocycles. The fourth-order valence-corrected chi connectivity index (χ4v) is 4.60. The van der Waals surface area contributed by atoms with E-state index in [-0.39, 0.29) is 23.1 Å². The summed E-state index contributed by atoms with van der Waals surface area (Å²) in [7, 11) is -3.35. The van der Waals surface area contributed by atoms with Gasteiger partial charge in [-0.3, -0.25) is 0 Å². The molecule has 0 atom stereocenters. The van der Waals surface area contributed by atoms with Gasteiger partial charge >= 0.3 is 0 Å². The SMILES string of the molecule is CCS(=O)(=O)c1c(N)nsc1N1CCC(CO)CC1. The number of hydrogen-bond acceptors (Lipinski definition) is 7. The molecule has 1 aliphatic heterocycles. The van der Waals surface area contributed by atoms with E-state index in [9.17, 15) is 8.42 Å². The predicted octanol–water partition coefficient (Wildman–Crippen LogP) is 0.728. The molecule has 0 radical (unpaired) electrons. The molecule has 1 aliphatic rings. The van der Waals surface area contributed by atoms with E-state index in [0.29, 0.717) is 10.9 Å². The van der Waals surface area contributed by atoms with Crippen LogP contribution >= 0.6 is 11.5 Å². The molecule has 1 aromatic heterocycles. The van der Waals surface area contributed by atoms with Crippen LogP contribution in [0.4, 0.5) is 10.8 Å². The van der Waals surface area contributed by atoms with Gasteiger partial charge in [0.2, 0.25) is 0 Å². The summed E-state index contributed by atoms with van der Waals surface area (Å²) < 4.78 is 28.2. The Morgan fingerprint density at radius 3 is 2.63 bits per heavy atom. The number of nitrogens with zero attached hydrogens (tertiary/aromatic N) is 2. The number of aliphatic hydroxyl groups excluding tert-OH is 1. The Hall–Kier alpha value is -0.860. The van der Waals surface area contributed by atoms with Gasteiger partial charge in [-0.25, -0.2) is 8.42 Å². The van der Waals surface area contributed by atoms with Crippen LogP contribution in [-0.4, -0.2) is 43.3 Å². The summed E-state index contributed by atoms with van der Waals surface area (Å²) >= 11 is 1.14. The van der Waals surface area contributed by atoms with Crippen molar-refractivity contribution < 1.29 is 13.5 Å². The molecule has 1 fully saturated rings. The molecule has 3 N–H and O–H groups in total. The Kier molecular flexibility index (Phi) is 4.32. The summed E-state index contributed by atoms with van der Waals surface area (Å²) in [4.78, 5) is 2.20. The second-order valence-corrected chi connectivity index (χ2v) is 7.69. The lowest BCUT2D eigenvalue weighted by molar-refractivity contribution is 0.203. The van der Waals surface area contributed by atoms with Gasteiger partial charge in [-0.2, -0.15) is 4.37 Å². The fourth-order valence-electron chi connectivity index (χ4n) is 2.24. The van der Waals surface area contributed by atoms with Crippen molar-refractivity contribution in [3.63, 3.8) is 0 Å². The lowest BCUT2D eigenvalue weighted by atomic mass is 9.98. The Bertz CT molecular complexity index is 533. The molecule has 6 nitrogen and oxygen atoms in total. The minimum Gasteiger partial charge on any atom is -0.396 e. The minimum atomic E-state index is -3.35. The first-order valence-corrected chi connectivity index (χ1v) is 8.75. The van der Waals surface area contributed by atoms with Crippen LogP contribution in [0.5, 0.6) is 0 Å². The summed E-state index contributed by atoms with van der Waals surface area (Å²) in [5.41, 5.74) is 5.72. The second kappa shape index (κ2) is 5.64. The quantitative estimate of drug-likeness (QED) is 0.851. The van der Waals surface area contributed by atoms with Crippen molar-refractivity contribution in [3.8, 4) is 0 Å². The van der Waals surface area contributed by atoms with Crippen molar-refractivity contribution in [2.45, 2.75) is 24.7 Å². The Labute approximate surface area is 117 Å². The fraction of sp³-hybridized carbons (Fsp3) is 0.727. The largest absolute Gasteiger partial charge is 0.396 e. The highest BCUT2D eigenvalue weighted by atomic mass is 32.2. The van der Waals surface area contributed by atoms with E-state index in [1.165, 1.54) is 0 Å². The molecule has 0 aliphatic carbocycles. The molecule has 108 valence electrons. The van der Waals surface area contributed by atoms with Crippen LogP contribution in [0.3, 0.4) is 0 Å². The van der Waals surface area contributed by atoms with E-state index in [4.69, 9.17) is 10.8 Å². The van der Waals surface area contributed by atoms with E-state index in [1.807, 2.05) is 4.90 Å². The minimum absolute atomic E-state index is 0.0235. The number of aromatic nitrogens is 1. The van der Waals surface area contributed by atoms with E-state index in [2.05, 4.69) is 4.37 Å². The molecule has 0 spiro atoms. The molecule has 0 amide bonds. The number of sulfone groups is 1. The number of nitrogens with two attached hydrogens (primary N) is 1. The number of rotatable bonds is 4. The van der Waals surface area contributed by atoms with Gasteiger partial charge < -0.3 is 15.7 Å². The van der Waals surface area contributed by atoms with Crippen LogP contribution in [0, 0.1) is 5.92 Å². The Morgan fingerprint density at radius 1 is 1.47 bits per heavy atom. The van der Waals surface area contributed by atoms with Gasteiger partial charge in [0.1, 0.15) is 9.90 Å². The maximum atomic E-state index is 12.1. The third kappa shape index (κ3) is 2.85. The van der Waals surface area contributed by atoms with Crippen LogP contribution < -0.4 is 10.6 Å². The third-order valence-corrected chi connectivity index (χ3v) is 6.35. The van der Waals surface area contributed by atoms with Gasteiger partial charge in [-0.15, -0.1) is 0 Å². The Morgan fingerprint density at radius 2 is 2.11 bits per heavy atom. The molecular formula is C11H19N3O3S2. The van der Waals surface area contributed by atoms with Gasteiger partial charge in [0.15, 0.2) is 15.7 Å². The molecular weight excluding hydrogens is 286 g/mol. The summed E-state index contributed by atoms with van der Waals surface area (Å²) in [6.07, 6.45) is 1.72. The molecule has 0 bridgehead atoms. The highest BCUT2D eigenvalue weighted by molar-refractivity contribution is 7.91. The zero-order valence-corrected chi connectivity index (χ0v) is 12.5. The molecule has 8 heteroatoms. The second-order valence-electron chi connectivity index (χ2n) is 4.72. The molecule has 2 rings (SSSR count). The third-order valence-electron chi connectivity index (χ3n) is 3.51. The first-order valence-electron chi connectivity index (χ1n) is 6.33. The molecule has 19 heavy (non-hydrogen) atoms. The van der Waals surface area contributed by atoms with Crippen molar-refractivity contribution in [1.29, 1.82) is 0 Å². The van der Waals surface area contributed by atoms with Crippen LogP contribution in [-0.2, 0) is 9.84 Å². The van der Waals surface area contributed by atoms with Crippen LogP contribution in [0.25, 0.3) is 0 Å². The van der Waals surface area contributed by atoms with Gasteiger partial charge in [0.25, 0.3) is 0 Å².